The quantitative estimate of drug-likeness (QED) is 0.670. The highest BCUT2D eigenvalue weighted by molar-refractivity contribution is 7.99. The van der Waals surface area contributed by atoms with Crippen LogP contribution in [0.2, 0.25) is 0 Å². The van der Waals surface area contributed by atoms with Crippen molar-refractivity contribution in [1.82, 2.24) is 10.3 Å². The highest BCUT2D eigenvalue weighted by Gasteiger charge is 2.19. The lowest BCUT2D eigenvalue weighted by molar-refractivity contribution is -0.119. The second kappa shape index (κ2) is 10.4. The monoisotopic (exact) mass is 400 g/mol. The fourth-order valence-electron chi connectivity index (χ4n) is 3.33. The average Bonchev–Trinajstić information content (AvgIpc) is 3.22. The first-order chi connectivity index (χ1) is 13.7. The summed E-state index contributed by atoms with van der Waals surface area (Å²) in [5.41, 5.74) is 1.98. The highest BCUT2D eigenvalue weighted by Crippen LogP contribution is 2.33. The third kappa shape index (κ3) is 5.89. The molecule has 1 saturated carbocycles. The number of ether oxygens (including phenoxy) is 2. The Morgan fingerprint density at radius 1 is 1.25 bits per heavy atom. The van der Waals surface area contributed by atoms with Crippen LogP contribution in [-0.2, 0) is 10.5 Å². The summed E-state index contributed by atoms with van der Waals surface area (Å²) in [5.74, 6) is 2.64. The molecule has 150 valence electrons. The second-order valence-corrected chi connectivity index (χ2v) is 8.02. The first-order valence-corrected chi connectivity index (χ1v) is 10.9. The van der Waals surface area contributed by atoms with Gasteiger partial charge < -0.3 is 14.8 Å². The molecule has 1 heterocycles. The average molecular weight is 401 g/mol. The van der Waals surface area contributed by atoms with Crippen molar-refractivity contribution in [2.45, 2.75) is 50.5 Å². The minimum Gasteiger partial charge on any atom is -0.493 e. The number of benzene rings is 1. The number of carbonyl (C=O) groups excluding carboxylic acids is 1. The highest BCUT2D eigenvalue weighted by atomic mass is 32.2. The summed E-state index contributed by atoms with van der Waals surface area (Å²) in [7, 11) is 1.65. The number of methoxy groups -OCH3 is 1. The molecule has 0 aliphatic heterocycles. The van der Waals surface area contributed by atoms with Crippen LogP contribution in [0.3, 0.4) is 0 Å². The third-order valence-corrected chi connectivity index (χ3v) is 5.84. The molecule has 1 amide bonds. The SMILES string of the molecule is COc1cc(C(C)NC(=O)CSCc2ccccn2)ccc1OC1CCCC1. The Balaban J connectivity index is 1.51. The lowest BCUT2D eigenvalue weighted by Crippen LogP contribution is -2.28. The molecule has 1 atom stereocenters. The summed E-state index contributed by atoms with van der Waals surface area (Å²) in [6.45, 7) is 1.98. The largest absolute Gasteiger partial charge is 0.493 e. The van der Waals surface area contributed by atoms with Crippen molar-refractivity contribution in [1.29, 1.82) is 0 Å². The maximum Gasteiger partial charge on any atom is 0.230 e. The van der Waals surface area contributed by atoms with Crippen molar-refractivity contribution in [3.63, 3.8) is 0 Å². The Hall–Kier alpha value is -2.21. The van der Waals surface area contributed by atoms with E-state index in [4.69, 9.17) is 9.47 Å². The molecule has 0 spiro atoms. The van der Waals surface area contributed by atoms with E-state index in [1.54, 1.807) is 25.1 Å². The zero-order valence-corrected chi connectivity index (χ0v) is 17.3. The van der Waals surface area contributed by atoms with Gasteiger partial charge in [-0.05, 0) is 62.4 Å². The molecular formula is C22H28N2O3S. The lowest BCUT2D eigenvalue weighted by Gasteiger charge is -2.19. The van der Waals surface area contributed by atoms with Gasteiger partial charge in [-0.2, -0.15) is 0 Å². The van der Waals surface area contributed by atoms with Crippen molar-refractivity contribution < 1.29 is 14.3 Å². The minimum atomic E-state index is -0.0996. The number of nitrogens with zero attached hydrogens (tertiary/aromatic N) is 1. The Labute approximate surface area is 171 Å². The van der Waals surface area contributed by atoms with Crippen LogP contribution >= 0.6 is 11.8 Å². The summed E-state index contributed by atoms with van der Waals surface area (Å²) >= 11 is 1.56. The van der Waals surface area contributed by atoms with E-state index in [0.29, 0.717) is 5.75 Å². The van der Waals surface area contributed by atoms with Crippen LogP contribution in [0.25, 0.3) is 0 Å². The Morgan fingerprint density at radius 3 is 2.79 bits per heavy atom. The number of hydrogen-bond acceptors (Lipinski definition) is 5. The molecule has 5 nitrogen and oxygen atoms in total. The molecule has 3 rings (SSSR count). The van der Waals surface area contributed by atoms with Crippen molar-refractivity contribution in [2.24, 2.45) is 0 Å². The fourth-order valence-corrected chi connectivity index (χ4v) is 4.09. The molecule has 1 unspecified atom stereocenters. The Morgan fingerprint density at radius 2 is 2.07 bits per heavy atom. The maximum absolute atomic E-state index is 12.3. The number of nitrogens with one attached hydrogen (secondary N) is 1. The lowest BCUT2D eigenvalue weighted by atomic mass is 10.1. The van der Waals surface area contributed by atoms with E-state index >= 15 is 0 Å². The first-order valence-electron chi connectivity index (χ1n) is 9.77. The zero-order valence-electron chi connectivity index (χ0n) is 16.5. The number of amides is 1. The summed E-state index contributed by atoms with van der Waals surface area (Å²) in [4.78, 5) is 16.5. The number of aromatic nitrogens is 1. The molecule has 1 aliphatic rings. The summed E-state index contributed by atoms with van der Waals surface area (Å²) in [6.07, 6.45) is 6.72. The molecule has 2 aromatic rings. The van der Waals surface area contributed by atoms with Crippen LogP contribution in [0.15, 0.2) is 42.6 Å². The number of pyridine rings is 1. The van der Waals surface area contributed by atoms with Crippen molar-refractivity contribution >= 4 is 17.7 Å². The summed E-state index contributed by atoms with van der Waals surface area (Å²) < 4.78 is 11.6. The topological polar surface area (TPSA) is 60.5 Å². The van der Waals surface area contributed by atoms with Crippen molar-refractivity contribution in [3.05, 3.63) is 53.9 Å². The van der Waals surface area contributed by atoms with Gasteiger partial charge in [0.1, 0.15) is 0 Å². The maximum atomic E-state index is 12.3. The smallest absolute Gasteiger partial charge is 0.230 e. The van der Waals surface area contributed by atoms with Gasteiger partial charge in [0.15, 0.2) is 11.5 Å². The van der Waals surface area contributed by atoms with Gasteiger partial charge in [-0.1, -0.05) is 12.1 Å². The van der Waals surface area contributed by atoms with Gasteiger partial charge in [0.2, 0.25) is 5.91 Å². The number of rotatable bonds is 9. The van der Waals surface area contributed by atoms with E-state index < -0.39 is 0 Å². The predicted molar refractivity (Wildman–Crippen MR) is 113 cm³/mol. The molecule has 0 saturated heterocycles. The van der Waals surface area contributed by atoms with E-state index in [1.807, 2.05) is 43.3 Å². The molecule has 1 aromatic carbocycles. The molecule has 0 radical (unpaired) electrons. The van der Waals surface area contributed by atoms with Gasteiger partial charge in [0, 0.05) is 11.9 Å². The fraction of sp³-hybridized carbons (Fsp3) is 0.455. The minimum absolute atomic E-state index is 0.0127. The van der Waals surface area contributed by atoms with Gasteiger partial charge in [-0.15, -0.1) is 11.8 Å². The van der Waals surface area contributed by atoms with Gasteiger partial charge in [0.25, 0.3) is 0 Å². The van der Waals surface area contributed by atoms with Crippen LogP contribution in [0.4, 0.5) is 0 Å². The van der Waals surface area contributed by atoms with Crippen LogP contribution < -0.4 is 14.8 Å². The van der Waals surface area contributed by atoms with E-state index in [0.717, 1.165) is 41.4 Å². The van der Waals surface area contributed by atoms with Crippen molar-refractivity contribution in [2.75, 3.05) is 12.9 Å². The molecule has 1 fully saturated rings. The van der Waals surface area contributed by atoms with Crippen LogP contribution in [0.1, 0.15) is 49.9 Å². The predicted octanol–water partition coefficient (Wildman–Crippen LogP) is 4.52. The number of carbonyl (C=O) groups is 1. The van der Waals surface area contributed by atoms with Gasteiger partial charge in [0.05, 0.1) is 30.7 Å². The normalized spacial score (nSPS) is 15.2. The van der Waals surface area contributed by atoms with Crippen molar-refractivity contribution in [3.8, 4) is 11.5 Å². The second-order valence-electron chi connectivity index (χ2n) is 7.04. The van der Waals surface area contributed by atoms with E-state index in [9.17, 15) is 4.79 Å². The summed E-state index contributed by atoms with van der Waals surface area (Å²) in [6, 6.07) is 11.6. The van der Waals surface area contributed by atoms with Crippen LogP contribution in [0, 0.1) is 0 Å². The molecule has 0 bridgehead atoms. The Kier molecular flexibility index (Phi) is 7.60. The van der Waals surface area contributed by atoms with Gasteiger partial charge in [-0.3, -0.25) is 9.78 Å². The standard InChI is InChI=1S/C22H28N2O3S/c1-16(24-22(25)15-28-14-18-7-5-6-12-23-18)17-10-11-20(21(13-17)26-2)27-19-8-3-4-9-19/h5-7,10-13,16,19H,3-4,8-9,14-15H2,1-2H3,(H,24,25). The zero-order chi connectivity index (χ0) is 19.8. The van der Waals surface area contributed by atoms with E-state index in [1.165, 1.54) is 12.8 Å². The third-order valence-electron chi connectivity index (χ3n) is 4.87. The molecule has 1 aliphatic carbocycles. The molecule has 6 heteroatoms. The van der Waals surface area contributed by atoms with Gasteiger partial charge >= 0.3 is 0 Å². The van der Waals surface area contributed by atoms with Crippen LogP contribution in [-0.4, -0.2) is 29.9 Å². The summed E-state index contributed by atoms with van der Waals surface area (Å²) in [5, 5.41) is 3.05. The molecule has 28 heavy (non-hydrogen) atoms. The van der Waals surface area contributed by atoms with E-state index in [-0.39, 0.29) is 18.1 Å². The Bertz CT molecular complexity index is 764. The van der Waals surface area contributed by atoms with Gasteiger partial charge in [-0.25, -0.2) is 0 Å². The molecule has 1 N–H and O–H groups in total. The number of thioether (sulfide) groups is 1. The number of hydrogen-bond donors (Lipinski definition) is 1. The first kappa shape index (κ1) is 20.5. The molecular weight excluding hydrogens is 372 g/mol. The van der Waals surface area contributed by atoms with E-state index in [2.05, 4.69) is 10.3 Å². The molecule has 1 aromatic heterocycles. The van der Waals surface area contributed by atoms with Crippen LogP contribution in [0.5, 0.6) is 11.5 Å².